The van der Waals surface area contributed by atoms with Crippen LogP contribution in [0.25, 0.3) is 0 Å². The normalized spacial score (nSPS) is 10.4. The third kappa shape index (κ3) is 2.94. The zero-order chi connectivity index (χ0) is 14.7. The Bertz CT molecular complexity index is 643. The number of aryl methyl sites for hydroxylation is 1. The summed E-state index contributed by atoms with van der Waals surface area (Å²) >= 11 is 1.25. The molecule has 0 spiro atoms. The molecule has 0 atom stereocenters. The summed E-state index contributed by atoms with van der Waals surface area (Å²) in [5.41, 5.74) is 2.75. The average Bonchev–Trinajstić information content (AvgIpc) is 2.81. The third-order valence-corrected chi connectivity index (χ3v) is 3.77. The van der Waals surface area contributed by atoms with Crippen LogP contribution in [0.2, 0.25) is 0 Å². The van der Waals surface area contributed by atoms with Gasteiger partial charge in [0, 0.05) is 10.4 Å². The fourth-order valence-electron chi connectivity index (χ4n) is 1.60. The number of halogens is 2. The number of hydrogen-bond donors (Lipinski definition) is 2. The Balaban J connectivity index is 2.13. The first kappa shape index (κ1) is 14.4. The highest BCUT2D eigenvalue weighted by atomic mass is 32.1. The van der Waals surface area contributed by atoms with E-state index in [4.69, 9.17) is 10.6 Å². The number of nitrogens with two attached hydrogens (primary N) is 1. The van der Waals surface area contributed by atoms with Crippen LogP contribution in [0.4, 0.5) is 8.78 Å². The first-order chi connectivity index (χ1) is 9.52. The number of hydrazine groups is 1. The van der Waals surface area contributed by atoms with Gasteiger partial charge in [-0.05, 0) is 25.1 Å². The molecule has 0 fully saturated rings. The first-order valence-electron chi connectivity index (χ1n) is 5.70. The van der Waals surface area contributed by atoms with Crippen molar-refractivity contribution in [3.05, 3.63) is 51.2 Å². The molecule has 1 aromatic heterocycles. The number of thiophene rings is 1. The summed E-state index contributed by atoms with van der Waals surface area (Å²) in [7, 11) is 0. The number of carbonyl (C=O) groups is 1. The lowest BCUT2D eigenvalue weighted by atomic mass is 10.2. The zero-order valence-electron chi connectivity index (χ0n) is 10.6. The largest absolute Gasteiger partial charge is 0.486 e. The second-order valence-electron chi connectivity index (χ2n) is 4.01. The van der Waals surface area contributed by atoms with Crippen LogP contribution in [0.15, 0.2) is 24.3 Å². The van der Waals surface area contributed by atoms with Gasteiger partial charge in [-0.3, -0.25) is 10.2 Å². The molecule has 1 amide bonds. The number of nitrogens with one attached hydrogen (secondary N) is 1. The highest BCUT2D eigenvalue weighted by molar-refractivity contribution is 7.14. The van der Waals surface area contributed by atoms with Gasteiger partial charge in [0.05, 0.1) is 4.88 Å². The molecule has 2 aromatic rings. The Morgan fingerprint density at radius 3 is 2.90 bits per heavy atom. The van der Waals surface area contributed by atoms with Crippen LogP contribution in [0, 0.1) is 18.6 Å². The summed E-state index contributed by atoms with van der Waals surface area (Å²) in [6.45, 7) is 1.85. The zero-order valence-corrected chi connectivity index (χ0v) is 11.4. The minimum Gasteiger partial charge on any atom is -0.486 e. The Labute approximate surface area is 118 Å². The van der Waals surface area contributed by atoms with Crippen LogP contribution in [-0.4, -0.2) is 5.91 Å². The molecule has 4 nitrogen and oxygen atoms in total. The Morgan fingerprint density at radius 2 is 2.20 bits per heavy atom. The Hall–Kier alpha value is -1.99. The molecule has 0 unspecified atom stereocenters. The van der Waals surface area contributed by atoms with E-state index < -0.39 is 17.5 Å². The van der Waals surface area contributed by atoms with E-state index in [-0.39, 0.29) is 12.4 Å². The number of ether oxygens (including phenoxy) is 1. The molecular formula is C13H12F2N2O2S. The molecule has 0 aliphatic heterocycles. The summed E-state index contributed by atoms with van der Waals surface area (Å²) in [6, 6.07) is 5.33. The van der Waals surface area contributed by atoms with Crippen LogP contribution < -0.4 is 16.0 Å². The molecule has 0 radical (unpaired) electrons. The molecule has 2 rings (SSSR count). The molecule has 0 bridgehead atoms. The molecule has 1 heterocycles. The van der Waals surface area contributed by atoms with Crippen molar-refractivity contribution in [2.45, 2.75) is 13.5 Å². The minimum atomic E-state index is -1.03. The number of nitrogen functional groups attached to an aromatic ring is 1. The van der Waals surface area contributed by atoms with Gasteiger partial charge in [-0.15, -0.1) is 11.3 Å². The summed E-state index contributed by atoms with van der Waals surface area (Å²) in [4.78, 5) is 12.7. The lowest BCUT2D eigenvalue weighted by Crippen LogP contribution is -2.29. The van der Waals surface area contributed by atoms with Gasteiger partial charge in [0.25, 0.3) is 5.91 Å². The summed E-state index contributed by atoms with van der Waals surface area (Å²) in [6.07, 6.45) is 0. The molecule has 1 aromatic carbocycles. The van der Waals surface area contributed by atoms with Crippen LogP contribution in [0.5, 0.6) is 5.75 Å². The number of hydrogen-bond acceptors (Lipinski definition) is 4. The fraction of sp³-hybridized carbons (Fsp3) is 0.154. The van der Waals surface area contributed by atoms with E-state index >= 15 is 0 Å². The van der Waals surface area contributed by atoms with E-state index in [1.165, 1.54) is 23.5 Å². The molecule has 3 N–H and O–H groups in total. The van der Waals surface area contributed by atoms with E-state index in [1.54, 1.807) is 13.0 Å². The van der Waals surface area contributed by atoms with Crippen molar-refractivity contribution < 1.29 is 18.3 Å². The lowest BCUT2D eigenvalue weighted by Gasteiger charge is -2.07. The SMILES string of the molecule is Cc1sc(C(=O)NN)cc1COc1cccc(F)c1F. The first-order valence-corrected chi connectivity index (χ1v) is 6.51. The molecular weight excluding hydrogens is 286 g/mol. The van der Waals surface area contributed by atoms with Crippen molar-refractivity contribution in [3.8, 4) is 5.75 Å². The molecule has 106 valence electrons. The Morgan fingerprint density at radius 1 is 1.45 bits per heavy atom. The van der Waals surface area contributed by atoms with Gasteiger partial charge < -0.3 is 4.74 Å². The van der Waals surface area contributed by atoms with Crippen LogP contribution >= 0.6 is 11.3 Å². The molecule has 0 aliphatic rings. The van der Waals surface area contributed by atoms with Gasteiger partial charge in [-0.25, -0.2) is 10.2 Å². The maximum absolute atomic E-state index is 13.4. The predicted molar refractivity (Wildman–Crippen MR) is 71.4 cm³/mol. The van der Waals surface area contributed by atoms with Crippen LogP contribution in [0.1, 0.15) is 20.1 Å². The molecule has 20 heavy (non-hydrogen) atoms. The summed E-state index contributed by atoms with van der Waals surface area (Å²) in [5.74, 6) is 2.49. The van der Waals surface area contributed by atoms with E-state index in [0.29, 0.717) is 4.88 Å². The highest BCUT2D eigenvalue weighted by Gasteiger charge is 2.13. The van der Waals surface area contributed by atoms with Crippen molar-refractivity contribution in [2.24, 2.45) is 5.84 Å². The highest BCUT2D eigenvalue weighted by Crippen LogP contribution is 2.25. The van der Waals surface area contributed by atoms with Crippen molar-refractivity contribution >= 4 is 17.2 Å². The second kappa shape index (κ2) is 5.98. The number of rotatable bonds is 4. The Kier molecular flexibility index (Phi) is 4.31. The molecule has 7 heteroatoms. The summed E-state index contributed by atoms with van der Waals surface area (Å²) < 4.78 is 31.7. The van der Waals surface area contributed by atoms with Crippen molar-refractivity contribution in [1.29, 1.82) is 0 Å². The van der Waals surface area contributed by atoms with Gasteiger partial charge in [0.2, 0.25) is 5.82 Å². The van der Waals surface area contributed by atoms with Crippen molar-refractivity contribution in [2.75, 3.05) is 0 Å². The smallest absolute Gasteiger partial charge is 0.275 e. The van der Waals surface area contributed by atoms with Crippen molar-refractivity contribution in [1.82, 2.24) is 5.43 Å². The number of amides is 1. The fourth-order valence-corrected chi connectivity index (χ4v) is 2.53. The van der Waals surface area contributed by atoms with Gasteiger partial charge in [0.1, 0.15) is 6.61 Å². The van der Waals surface area contributed by atoms with Crippen LogP contribution in [0.3, 0.4) is 0 Å². The minimum absolute atomic E-state index is 0.0422. The van der Waals surface area contributed by atoms with Crippen LogP contribution in [-0.2, 0) is 6.61 Å². The van der Waals surface area contributed by atoms with Gasteiger partial charge in [-0.2, -0.15) is 4.39 Å². The van der Waals surface area contributed by atoms with Crippen molar-refractivity contribution in [3.63, 3.8) is 0 Å². The predicted octanol–water partition coefficient (Wildman–Crippen LogP) is 2.52. The number of carbonyl (C=O) groups excluding carboxylic acids is 1. The quantitative estimate of drug-likeness (QED) is 0.518. The molecule has 0 saturated heterocycles. The maximum atomic E-state index is 13.4. The lowest BCUT2D eigenvalue weighted by molar-refractivity contribution is 0.0957. The topological polar surface area (TPSA) is 64.4 Å². The third-order valence-electron chi connectivity index (χ3n) is 2.67. The van der Waals surface area contributed by atoms with Gasteiger partial charge >= 0.3 is 0 Å². The monoisotopic (exact) mass is 298 g/mol. The van der Waals surface area contributed by atoms with E-state index in [0.717, 1.165) is 16.5 Å². The van der Waals surface area contributed by atoms with E-state index in [1.807, 2.05) is 5.43 Å². The average molecular weight is 298 g/mol. The molecule has 0 aliphatic carbocycles. The maximum Gasteiger partial charge on any atom is 0.275 e. The standard InChI is InChI=1S/C13H12F2N2O2S/c1-7-8(5-11(20-7)13(18)17-16)6-19-10-4-2-3-9(14)12(10)15/h2-5H,6,16H2,1H3,(H,17,18). The number of benzene rings is 1. The van der Waals surface area contributed by atoms with Gasteiger partial charge in [0.15, 0.2) is 11.6 Å². The second-order valence-corrected chi connectivity index (χ2v) is 5.26. The van der Waals surface area contributed by atoms with E-state index in [9.17, 15) is 13.6 Å². The molecule has 0 saturated carbocycles. The van der Waals surface area contributed by atoms with E-state index in [2.05, 4.69) is 0 Å². The van der Waals surface area contributed by atoms with Gasteiger partial charge in [-0.1, -0.05) is 6.07 Å². The summed E-state index contributed by atoms with van der Waals surface area (Å²) in [5, 5.41) is 0.